The molecule has 126 valence electrons. The molecule has 1 aliphatic rings. The van der Waals surface area contributed by atoms with Crippen LogP contribution in [0.25, 0.3) is 0 Å². The van der Waals surface area contributed by atoms with Gasteiger partial charge in [0.25, 0.3) is 0 Å². The van der Waals surface area contributed by atoms with E-state index in [2.05, 4.69) is 16.2 Å². The van der Waals surface area contributed by atoms with Crippen LogP contribution >= 0.6 is 0 Å². The summed E-state index contributed by atoms with van der Waals surface area (Å²) < 4.78 is 26.6. The molecule has 0 radical (unpaired) electrons. The Bertz CT molecular complexity index is 706. The lowest BCUT2D eigenvalue weighted by Gasteiger charge is -2.18. The average Bonchev–Trinajstić information content (AvgIpc) is 3.07. The molecule has 1 amide bonds. The van der Waals surface area contributed by atoms with Gasteiger partial charge >= 0.3 is 0 Å². The Labute approximate surface area is 139 Å². The topological polar surface area (TPSA) is 53.2 Å². The second kappa shape index (κ2) is 7.51. The van der Waals surface area contributed by atoms with Crippen molar-refractivity contribution in [2.45, 2.75) is 12.5 Å². The van der Waals surface area contributed by atoms with Gasteiger partial charge in [-0.25, -0.2) is 14.2 Å². The number of hydrogen-bond acceptors (Lipinski definition) is 3. The van der Waals surface area contributed by atoms with Crippen LogP contribution in [-0.4, -0.2) is 19.0 Å². The number of carbonyl (C=O) groups excluding carboxylic acids is 1. The van der Waals surface area contributed by atoms with E-state index in [-0.39, 0.29) is 29.5 Å². The van der Waals surface area contributed by atoms with Crippen LogP contribution < -0.4 is 16.2 Å². The third-order valence-corrected chi connectivity index (χ3v) is 4.20. The molecule has 1 aliphatic heterocycles. The molecular weight excluding hydrogens is 312 g/mol. The highest BCUT2D eigenvalue weighted by atomic mass is 19.1. The third kappa shape index (κ3) is 3.77. The smallest absolute Gasteiger partial charge is 0.226 e. The van der Waals surface area contributed by atoms with Crippen LogP contribution in [0, 0.1) is 17.6 Å². The minimum absolute atomic E-state index is 0.113. The van der Waals surface area contributed by atoms with E-state index >= 15 is 0 Å². The van der Waals surface area contributed by atoms with Gasteiger partial charge in [0.2, 0.25) is 5.91 Å². The molecule has 2 atom stereocenters. The molecule has 1 fully saturated rings. The Morgan fingerprint density at radius 3 is 2.62 bits per heavy atom. The van der Waals surface area contributed by atoms with Gasteiger partial charge < -0.3 is 5.32 Å². The summed E-state index contributed by atoms with van der Waals surface area (Å²) in [5, 5.41) is 2.85. The normalized spacial score (nSPS) is 20.1. The molecule has 4 nitrogen and oxygen atoms in total. The quantitative estimate of drug-likeness (QED) is 0.786. The zero-order valence-electron chi connectivity index (χ0n) is 13.1. The zero-order valence-corrected chi connectivity index (χ0v) is 13.1. The molecule has 2 aromatic rings. The van der Waals surface area contributed by atoms with Crippen molar-refractivity contribution in [2.24, 2.45) is 5.92 Å². The number of halogens is 2. The second-order valence-corrected chi connectivity index (χ2v) is 5.79. The largest absolute Gasteiger partial charge is 0.355 e. The highest BCUT2D eigenvalue weighted by Gasteiger charge is 2.33. The Kier molecular flexibility index (Phi) is 5.17. The molecule has 0 bridgehead atoms. The van der Waals surface area contributed by atoms with Gasteiger partial charge in [0.15, 0.2) is 0 Å². The molecule has 3 N–H and O–H groups in total. The van der Waals surface area contributed by atoms with E-state index in [1.54, 1.807) is 30.3 Å². The van der Waals surface area contributed by atoms with Crippen molar-refractivity contribution in [1.29, 1.82) is 0 Å². The number of amides is 1. The molecule has 3 rings (SSSR count). The number of benzene rings is 2. The molecule has 0 aromatic heterocycles. The summed E-state index contributed by atoms with van der Waals surface area (Å²) in [7, 11) is 0. The van der Waals surface area contributed by atoms with Gasteiger partial charge in [-0.1, -0.05) is 30.3 Å². The lowest BCUT2D eigenvalue weighted by Crippen LogP contribution is -2.36. The van der Waals surface area contributed by atoms with Gasteiger partial charge in [-0.2, -0.15) is 0 Å². The van der Waals surface area contributed by atoms with Crippen molar-refractivity contribution >= 4 is 5.91 Å². The Morgan fingerprint density at radius 1 is 1.12 bits per heavy atom. The van der Waals surface area contributed by atoms with Crippen molar-refractivity contribution in [2.75, 3.05) is 13.1 Å². The average molecular weight is 331 g/mol. The van der Waals surface area contributed by atoms with Gasteiger partial charge in [0.1, 0.15) is 11.6 Å². The number of hydrogen-bond donors (Lipinski definition) is 3. The van der Waals surface area contributed by atoms with Crippen molar-refractivity contribution in [1.82, 2.24) is 16.2 Å². The van der Waals surface area contributed by atoms with Crippen LogP contribution in [0.1, 0.15) is 17.2 Å². The van der Waals surface area contributed by atoms with Gasteiger partial charge in [-0.3, -0.25) is 10.2 Å². The molecule has 1 saturated heterocycles. The fourth-order valence-electron chi connectivity index (χ4n) is 2.88. The summed E-state index contributed by atoms with van der Waals surface area (Å²) in [6, 6.07) is 12.4. The van der Waals surface area contributed by atoms with E-state index < -0.39 is 0 Å². The van der Waals surface area contributed by atoms with Gasteiger partial charge in [-0.15, -0.1) is 0 Å². The minimum Gasteiger partial charge on any atom is -0.355 e. The summed E-state index contributed by atoms with van der Waals surface area (Å²) in [4.78, 5) is 12.4. The van der Waals surface area contributed by atoms with Crippen LogP contribution in [0.3, 0.4) is 0 Å². The summed E-state index contributed by atoms with van der Waals surface area (Å²) in [5.74, 6) is -0.995. The monoisotopic (exact) mass is 331 g/mol. The first kappa shape index (κ1) is 16.5. The maximum absolute atomic E-state index is 13.6. The zero-order chi connectivity index (χ0) is 16.9. The number of rotatable bonds is 5. The van der Waals surface area contributed by atoms with Crippen molar-refractivity contribution < 1.29 is 13.6 Å². The molecule has 0 aliphatic carbocycles. The SMILES string of the molecule is O=C(NCCc1ccccc1F)C1CNNC1c1ccc(F)cc1. The predicted molar refractivity (Wildman–Crippen MR) is 86.9 cm³/mol. The molecule has 2 unspecified atom stereocenters. The molecule has 2 aromatic carbocycles. The van der Waals surface area contributed by atoms with Gasteiger partial charge in [0, 0.05) is 13.1 Å². The highest BCUT2D eigenvalue weighted by molar-refractivity contribution is 5.80. The van der Waals surface area contributed by atoms with Crippen LogP contribution in [0.15, 0.2) is 48.5 Å². The van der Waals surface area contributed by atoms with Crippen LogP contribution in [0.2, 0.25) is 0 Å². The maximum Gasteiger partial charge on any atom is 0.226 e. The van der Waals surface area contributed by atoms with E-state index in [1.807, 2.05) is 0 Å². The van der Waals surface area contributed by atoms with E-state index in [1.165, 1.54) is 18.2 Å². The van der Waals surface area contributed by atoms with Crippen LogP contribution in [0.4, 0.5) is 8.78 Å². The standard InChI is InChI=1S/C18H19F2N3O/c19-14-7-5-13(6-8-14)17-15(11-22-23-17)18(24)21-10-9-12-3-1-2-4-16(12)20/h1-8,15,17,22-23H,9-11H2,(H,21,24). The van der Waals surface area contributed by atoms with Crippen molar-refractivity contribution in [3.8, 4) is 0 Å². The fraction of sp³-hybridized carbons (Fsp3) is 0.278. The number of carbonyl (C=O) groups is 1. The van der Waals surface area contributed by atoms with Crippen molar-refractivity contribution in [3.05, 3.63) is 71.3 Å². The summed E-state index contributed by atoms with van der Waals surface area (Å²) in [6.45, 7) is 0.847. The molecule has 24 heavy (non-hydrogen) atoms. The van der Waals surface area contributed by atoms with E-state index in [0.29, 0.717) is 25.1 Å². The van der Waals surface area contributed by atoms with E-state index in [4.69, 9.17) is 0 Å². The fourth-order valence-corrected chi connectivity index (χ4v) is 2.88. The number of nitrogens with one attached hydrogen (secondary N) is 3. The predicted octanol–water partition coefficient (Wildman–Crippen LogP) is 2.09. The lowest BCUT2D eigenvalue weighted by atomic mass is 9.94. The van der Waals surface area contributed by atoms with Gasteiger partial charge in [-0.05, 0) is 35.7 Å². The second-order valence-electron chi connectivity index (χ2n) is 5.79. The first-order chi connectivity index (χ1) is 11.6. The van der Waals surface area contributed by atoms with Gasteiger partial charge in [0.05, 0.1) is 12.0 Å². The molecule has 0 saturated carbocycles. The number of hydrazine groups is 1. The highest BCUT2D eigenvalue weighted by Crippen LogP contribution is 2.25. The molecule has 1 heterocycles. The minimum atomic E-state index is -0.310. The molecule has 0 spiro atoms. The maximum atomic E-state index is 13.6. The van der Waals surface area contributed by atoms with E-state index in [0.717, 1.165) is 5.56 Å². The third-order valence-electron chi connectivity index (χ3n) is 4.20. The Hall–Kier alpha value is -2.31. The van der Waals surface area contributed by atoms with Crippen LogP contribution in [-0.2, 0) is 11.2 Å². The summed E-state index contributed by atoms with van der Waals surface area (Å²) >= 11 is 0. The molecule has 6 heteroatoms. The Morgan fingerprint density at radius 2 is 1.88 bits per heavy atom. The van der Waals surface area contributed by atoms with E-state index in [9.17, 15) is 13.6 Å². The molecular formula is C18H19F2N3O. The summed E-state index contributed by atoms with van der Waals surface area (Å²) in [6.07, 6.45) is 0.438. The Balaban J connectivity index is 1.58. The lowest BCUT2D eigenvalue weighted by molar-refractivity contribution is -0.124. The first-order valence-corrected chi connectivity index (χ1v) is 7.90. The first-order valence-electron chi connectivity index (χ1n) is 7.90. The van der Waals surface area contributed by atoms with Crippen LogP contribution in [0.5, 0.6) is 0 Å². The summed E-state index contributed by atoms with van der Waals surface area (Å²) in [5.41, 5.74) is 7.44. The van der Waals surface area contributed by atoms with Crippen molar-refractivity contribution in [3.63, 3.8) is 0 Å².